The van der Waals surface area contributed by atoms with Gasteiger partial charge in [-0.3, -0.25) is 0 Å². The maximum Gasteiger partial charge on any atom is 0.0955 e. The molecule has 1 fully saturated rings. The fraction of sp³-hybridized carbons (Fsp3) is 0.667. The molecule has 0 bridgehead atoms. The number of nitrogens with one attached hydrogen (secondary N) is 1. The SMILES string of the molecule is Cc1ccccc1C(CNC(C)C)OC1CCCCC1. The fourth-order valence-corrected chi connectivity index (χ4v) is 2.96. The second kappa shape index (κ2) is 7.80. The van der Waals surface area contributed by atoms with Crippen LogP contribution in [0.4, 0.5) is 0 Å². The number of hydrogen-bond donors (Lipinski definition) is 1. The van der Waals surface area contributed by atoms with E-state index in [1.54, 1.807) is 0 Å². The molecule has 0 spiro atoms. The number of ether oxygens (including phenoxy) is 1. The van der Waals surface area contributed by atoms with Crippen molar-refractivity contribution in [2.24, 2.45) is 0 Å². The second-order valence-corrected chi connectivity index (χ2v) is 6.30. The van der Waals surface area contributed by atoms with Crippen molar-refractivity contribution in [2.45, 2.75) is 71.1 Å². The lowest BCUT2D eigenvalue weighted by Gasteiger charge is -2.29. The van der Waals surface area contributed by atoms with Crippen LogP contribution in [0.3, 0.4) is 0 Å². The molecule has 2 nitrogen and oxygen atoms in total. The highest BCUT2D eigenvalue weighted by molar-refractivity contribution is 5.28. The smallest absolute Gasteiger partial charge is 0.0955 e. The first-order chi connectivity index (χ1) is 9.66. The van der Waals surface area contributed by atoms with Crippen molar-refractivity contribution in [2.75, 3.05) is 6.54 Å². The molecule has 0 aliphatic heterocycles. The molecular formula is C18H29NO. The van der Waals surface area contributed by atoms with Gasteiger partial charge in [-0.15, -0.1) is 0 Å². The van der Waals surface area contributed by atoms with Crippen LogP contribution in [0.1, 0.15) is 63.2 Å². The third-order valence-corrected chi connectivity index (χ3v) is 4.16. The summed E-state index contributed by atoms with van der Waals surface area (Å²) >= 11 is 0. The Balaban J connectivity index is 2.05. The van der Waals surface area contributed by atoms with Gasteiger partial charge in [-0.05, 0) is 30.9 Å². The maximum absolute atomic E-state index is 6.45. The molecule has 2 rings (SSSR count). The fourth-order valence-electron chi connectivity index (χ4n) is 2.96. The molecule has 1 aliphatic carbocycles. The van der Waals surface area contributed by atoms with Crippen molar-refractivity contribution in [3.8, 4) is 0 Å². The summed E-state index contributed by atoms with van der Waals surface area (Å²) in [6.45, 7) is 7.46. The lowest BCUT2D eigenvalue weighted by molar-refractivity contribution is -0.0315. The summed E-state index contributed by atoms with van der Waals surface area (Å²) < 4.78 is 6.45. The van der Waals surface area contributed by atoms with E-state index in [2.05, 4.69) is 50.4 Å². The molecular weight excluding hydrogens is 246 g/mol. The summed E-state index contributed by atoms with van der Waals surface area (Å²) in [7, 11) is 0. The molecule has 1 aromatic carbocycles. The minimum atomic E-state index is 0.182. The monoisotopic (exact) mass is 275 g/mol. The summed E-state index contributed by atoms with van der Waals surface area (Å²) in [5.74, 6) is 0. The van der Waals surface area contributed by atoms with Crippen LogP contribution in [-0.2, 0) is 4.74 Å². The Morgan fingerprint density at radius 1 is 1.15 bits per heavy atom. The van der Waals surface area contributed by atoms with E-state index in [0.29, 0.717) is 12.1 Å². The van der Waals surface area contributed by atoms with E-state index in [4.69, 9.17) is 4.74 Å². The zero-order valence-electron chi connectivity index (χ0n) is 13.2. The molecule has 1 atom stereocenters. The molecule has 0 radical (unpaired) electrons. The lowest BCUT2D eigenvalue weighted by atomic mass is 9.96. The minimum Gasteiger partial charge on any atom is -0.369 e. The normalized spacial score (nSPS) is 18.4. The predicted molar refractivity (Wildman–Crippen MR) is 85.0 cm³/mol. The van der Waals surface area contributed by atoms with Gasteiger partial charge >= 0.3 is 0 Å². The molecule has 0 heterocycles. The highest BCUT2D eigenvalue weighted by atomic mass is 16.5. The number of aryl methyl sites for hydroxylation is 1. The number of benzene rings is 1. The topological polar surface area (TPSA) is 21.3 Å². The summed E-state index contributed by atoms with van der Waals surface area (Å²) in [5, 5.41) is 3.54. The molecule has 1 aromatic rings. The molecule has 1 N–H and O–H groups in total. The largest absolute Gasteiger partial charge is 0.369 e. The third-order valence-electron chi connectivity index (χ3n) is 4.16. The molecule has 1 saturated carbocycles. The summed E-state index contributed by atoms with van der Waals surface area (Å²) in [6, 6.07) is 9.12. The predicted octanol–water partition coefficient (Wildman–Crippen LogP) is 4.38. The van der Waals surface area contributed by atoms with Gasteiger partial charge in [-0.2, -0.15) is 0 Å². The van der Waals surface area contributed by atoms with Crippen molar-refractivity contribution in [3.63, 3.8) is 0 Å². The van der Waals surface area contributed by atoms with Crippen LogP contribution in [-0.4, -0.2) is 18.7 Å². The van der Waals surface area contributed by atoms with Gasteiger partial charge in [-0.1, -0.05) is 57.4 Å². The van der Waals surface area contributed by atoms with Crippen molar-refractivity contribution in [1.82, 2.24) is 5.32 Å². The Hall–Kier alpha value is -0.860. The summed E-state index contributed by atoms with van der Waals surface area (Å²) in [4.78, 5) is 0. The van der Waals surface area contributed by atoms with E-state index in [9.17, 15) is 0 Å². The van der Waals surface area contributed by atoms with Gasteiger partial charge in [0.2, 0.25) is 0 Å². The lowest BCUT2D eigenvalue weighted by Crippen LogP contribution is -2.32. The van der Waals surface area contributed by atoms with Gasteiger partial charge in [0.15, 0.2) is 0 Å². The quantitative estimate of drug-likeness (QED) is 0.831. The first-order valence-electron chi connectivity index (χ1n) is 8.11. The van der Waals surface area contributed by atoms with E-state index in [0.717, 1.165) is 6.54 Å². The highest BCUT2D eigenvalue weighted by Gasteiger charge is 2.21. The molecule has 0 saturated heterocycles. The Bertz CT molecular complexity index is 396. The highest BCUT2D eigenvalue weighted by Crippen LogP contribution is 2.28. The van der Waals surface area contributed by atoms with E-state index < -0.39 is 0 Å². The third kappa shape index (κ3) is 4.60. The van der Waals surface area contributed by atoms with Crippen molar-refractivity contribution in [3.05, 3.63) is 35.4 Å². The Labute approximate surface area is 123 Å². The van der Waals surface area contributed by atoms with E-state index in [1.807, 2.05) is 0 Å². The maximum atomic E-state index is 6.45. The van der Waals surface area contributed by atoms with Gasteiger partial charge < -0.3 is 10.1 Å². The van der Waals surface area contributed by atoms with Crippen LogP contribution in [0.25, 0.3) is 0 Å². The van der Waals surface area contributed by atoms with E-state index in [-0.39, 0.29) is 6.10 Å². The Morgan fingerprint density at radius 2 is 1.85 bits per heavy atom. The Morgan fingerprint density at radius 3 is 2.50 bits per heavy atom. The van der Waals surface area contributed by atoms with E-state index in [1.165, 1.54) is 43.2 Å². The molecule has 112 valence electrons. The number of hydrogen-bond acceptors (Lipinski definition) is 2. The van der Waals surface area contributed by atoms with Gasteiger partial charge in [0, 0.05) is 12.6 Å². The average Bonchev–Trinajstić information content (AvgIpc) is 2.45. The standard InChI is InChI=1S/C18H29NO/c1-14(2)19-13-18(17-12-8-7-9-15(17)3)20-16-10-5-4-6-11-16/h7-9,12,14,16,18-19H,4-6,10-11,13H2,1-3H3. The molecule has 0 amide bonds. The van der Waals surface area contributed by atoms with Gasteiger partial charge in [0.1, 0.15) is 0 Å². The average molecular weight is 275 g/mol. The van der Waals surface area contributed by atoms with Crippen LogP contribution >= 0.6 is 0 Å². The molecule has 0 aromatic heterocycles. The first kappa shape index (κ1) is 15.5. The van der Waals surface area contributed by atoms with Crippen LogP contribution in [0.2, 0.25) is 0 Å². The summed E-state index contributed by atoms with van der Waals surface area (Å²) in [6.07, 6.45) is 7.10. The molecule has 2 heteroatoms. The first-order valence-corrected chi connectivity index (χ1v) is 8.11. The minimum absolute atomic E-state index is 0.182. The van der Waals surface area contributed by atoms with Crippen LogP contribution < -0.4 is 5.32 Å². The molecule has 1 aliphatic rings. The van der Waals surface area contributed by atoms with Crippen LogP contribution in [0.15, 0.2) is 24.3 Å². The summed E-state index contributed by atoms with van der Waals surface area (Å²) in [5.41, 5.74) is 2.67. The van der Waals surface area contributed by atoms with Gasteiger partial charge in [0.05, 0.1) is 12.2 Å². The Kier molecular flexibility index (Phi) is 6.06. The van der Waals surface area contributed by atoms with E-state index >= 15 is 0 Å². The van der Waals surface area contributed by atoms with Gasteiger partial charge in [-0.25, -0.2) is 0 Å². The van der Waals surface area contributed by atoms with Crippen molar-refractivity contribution in [1.29, 1.82) is 0 Å². The van der Waals surface area contributed by atoms with Crippen LogP contribution in [0, 0.1) is 6.92 Å². The zero-order valence-corrected chi connectivity index (χ0v) is 13.2. The van der Waals surface area contributed by atoms with Crippen molar-refractivity contribution < 1.29 is 4.74 Å². The van der Waals surface area contributed by atoms with Gasteiger partial charge in [0.25, 0.3) is 0 Å². The molecule has 1 unspecified atom stereocenters. The zero-order chi connectivity index (χ0) is 14.4. The van der Waals surface area contributed by atoms with Crippen molar-refractivity contribution >= 4 is 0 Å². The molecule has 20 heavy (non-hydrogen) atoms. The van der Waals surface area contributed by atoms with Crippen LogP contribution in [0.5, 0.6) is 0 Å². The number of rotatable bonds is 6. The second-order valence-electron chi connectivity index (χ2n) is 6.30.